The zero-order chi connectivity index (χ0) is 28.6. The fourth-order valence-corrected chi connectivity index (χ4v) is 7.75. The number of aromatic nitrogens is 5. The highest BCUT2D eigenvalue weighted by Crippen LogP contribution is 2.41. The van der Waals surface area contributed by atoms with Gasteiger partial charge in [0.2, 0.25) is 0 Å². The minimum atomic E-state index is -0.875. The molecule has 1 aromatic carbocycles. The van der Waals surface area contributed by atoms with Crippen LogP contribution in [0.1, 0.15) is 39.0 Å². The number of phenolic OH excluding ortho intramolecular Hbond substituents is 1. The molecule has 4 fully saturated rings. The number of alkyl halides is 1. The topological polar surface area (TPSA) is 104 Å². The van der Waals surface area contributed by atoms with Gasteiger partial charge < -0.3 is 24.6 Å². The van der Waals surface area contributed by atoms with Crippen LogP contribution in [0.3, 0.4) is 0 Å². The monoisotopic (exact) mass is 576 g/mol. The number of phenols is 1. The van der Waals surface area contributed by atoms with Crippen molar-refractivity contribution < 1.29 is 18.6 Å². The Balaban J connectivity index is 1.25. The van der Waals surface area contributed by atoms with Crippen LogP contribution in [-0.4, -0.2) is 91.1 Å². The van der Waals surface area contributed by atoms with Crippen LogP contribution in [0.15, 0.2) is 24.7 Å². The minimum Gasteiger partial charge on any atom is -0.508 e. The molecular formula is C30H34F2N8O2. The van der Waals surface area contributed by atoms with Crippen molar-refractivity contribution >= 4 is 27.8 Å². The second-order valence-corrected chi connectivity index (χ2v) is 12.3. The van der Waals surface area contributed by atoms with Gasteiger partial charge in [0, 0.05) is 62.5 Å². The summed E-state index contributed by atoms with van der Waals surface area (Å²) in [5, 5.41) is 14.6. The second kappa shape index (κ2) is 9.70. The van der Waals surface area contributed by atoms with E-state index in [1.165, 1.54) is 6.07 Å². The smallest absolute Gasteiger partial charge is 0.319 e. The van der Waals surface area contributed by atoms with E-state index < -0.39 is 12.0 Å². The van der Waals surface area contributed by atoms with Gasteiger partial charge in [-0.25, -0.2) is 13.8 Å². The van der Waals surface area contributed by atoms with Crippen LogP contribution >= 0.6 is 0 Å². The number of imidazole rings is 1. The maximum absolute atomic E-state index is 16.6. The first-order valence-electron chi connectivity index (χ1n) is 15.0. The maximum Gasteiger partial charge on any atom is 0.319 e. The minimum absolute atomic E-state index is 0.0213. The second-order valence-electron chi connectivity index (χ2n) is 12.3. The van der Waals surface area contributed by atoms with Gasteiger partial charge in [-0.3, -0.25) is 9.88 Å². The summed E-state index contributed by atoms with van der Waals surface area (Å²) in [6, 6.07) is 3.85. The van der Waals surface area contributed by atoms with Crippen molar-refractivity contribution in [3.05, 3.63) is 30.5 Å². The molecule has 3 aromatic heterocycles. The molecule has 0 unspecified atom stereocenters. The van der Waals surface area contributed by atoms with E-state index in [0.717, 1.165) is 45.3 Å². The number of hydrogen-bond donors (Lipinski definition) is 2. The number of pyridine rings is 1. The summed E-state index contributed by atoms with van der Waals surface area (Å²) in [5.41, 5.74) is 1.49. The number of rotatable bonds is 6. The number of benzene rings is 1. The molecule has 0 aliphatic carbocycles. The zero-order valence-corrected chi connectivity index (χ0v) is 23.6. The van der Waals surface area contributed by atoms with Crippen LogP contribution in [0.25, 0.3) is 33.2 Å². The van der Waals surface area contributed by atoms with Gasteiger partial charge in [-0.1, -0.05) is 0 Å². The number of halogens is 2. The Bertz CT molecular complexity index is 1690. The number of fused-ring (bicyclic) bond motifs is 5. The van der Waals surface area contributed by atoms with Gasteiger partial charge >= 0.3 is 6.01 Å². The zero-order valence-electron chi connectivity index (χ0n) is 23.6. The summed E-state index contributed by atoms with van der Waals surface area (Å²) < 4.78 is 39.2. The molecule has 2 bridgehead atoms. The summed E-state index contributed by atoms with van der Waals surface area (Å²) in [7, 11) is 0. The van der Waals surface area contributed by atoms with Crippen LogP contribution in [-0.2, 0) is 6.54 Å². The summed E-state index contributed by atoms with van der Waals surface area (Å²) in [6.07, 6.45) is 6.89. The number of aryl methyl sites for hydroxylation is 1. The third-order valence-electron chi connectivity index (χ3n) is 9.68. The fourth-order valence-electron chi connectivity index (χ4n) is 7.75. The molecule has 0 amide bonds. The average Bonchev–Trinajstić information content (AvgIpc) is 3.73. The predicted octanol–water partition coefficient (Wildman–Crippen LogP) is 3.80. The molecule has 0 saturated carbocycles. The molecule has 7 heterocycles. The number of anilines is 1. The molecule has 4 saturated heterocycles. The van der Waals surface area contributed by atoms with E-state index in [0.29, 0.717) is 59.4 Å². The molecule has 10 nitrogen and oxygen atoms in total. The van der Waals surface area contributed by atoms with Crippen molar-refractivity contribution in [2.45, 2.75) is 69.4 Å². The van der Waals surface area contributed by atoms with E-state index in [1.54, 1.807) is 18.6 Å². The Hall–Kier alpha value is -3.64. The summed E-state index contributed by atoms with van der Waals surface area (Å²) in [4.78, 5) is 22.8. The number of nitrogens with zero attached hydrogens (tertiary/aromatic N) is 7. The Morgan fingerprint density at radius 3 is 2.79 bits per heavy atom. The third kappa shape index (κ3) is 4.10. The Morgan fingerprint density at radius 2 is 1.98 bits per heavy atom. The lowest BCUT2D eigenvalue weighted by molar-refractivity contribution is 0.107. The van der Waals surface area contributed by atoms with Crippen LogP contribution in [0.2, 0.25) is 0 Å². The molecule has 220 valence electrons. The van der Waals surface area contributed by atoms with E-state index in [4.69, 9.17) is 9.72 Å². The first-order chi connectivity index (χ1) is 20.4. The molecule has 12 heteroatoms. The lowest BCUT2D eigenvalue weighted by atomic mass is 9.95. The van der Waals surface area contributed by atoms with Crippen molar-refractivity contribution in [1.82, 2.24) is 34.7 Å². The lowest BCUT2D eigenvalue weighted by Gasteiger charge is -2.34. The number of aromatic hydroxyl groups is 1. The average molecular weight is 577 g/mol. The highest BCUT2D eigenvalue weighted by Gasteiger charge is 2.49. The van der Waals surface area contributed by atoms with Gasteiger partial charge in [-0.15, -0.1) is 0 Å². The highest BCUT2D eigenvalue weighted by atomic mass is 19.1. The molecule has 4 atom stereocenters. The van der Waals surface area contributed by atoms with E-state index in [2.05, 4.69) is 30.1 Å². The molecule has 4 aromatic rings. The van der Waals surface area contributed by atoms with Crippen molar-refractivity contribution in [3.8, 4) is 23.0 Å². The van der Waals surface area contributed by atoms with Crippen LogP contribution in [0.5, 0.6) is 11.8 Å². The molecule has 4 aliphatic rings. The molecule has 2 N–H and O–H groups in total. The predicted molar refractivity (Wildman–Crippen MR) is 154 cm³/mol. The van der Waals surface area contributed by atoms with E-state index in [-0.39, 0.29) is 35.1 Å². The van der Waals surface area contributed by atoms with Crippen LogP contribution in [0.4, 0.5) is 14.6 Å². The van der Waals surface area contributed by atoms with E-state index in [1.807, 2.05) is 11.5 Å². The van der Waals surface area contributed by atoms with Crippen molar-refractivity contribution in [1.29, 1.82) is 0 Å². The number of hydrogen-bond acceptors (Lipinski definition) is 9. The first kappa shape index (κ1) is 26.0. The van der Waals surface area contributed by atoms with Crippen LogP contribution < -0.4 is 15.0 Å². The van der Waals surface area contributed by atoms with Gasteiger partial charge in [0.1, 0.15) is 35.6 Å². The standard InChI is InChI=1S/C30H34F2N8O2/c1-2-38-16-34-23-9-20(41)8-21(27(23)38)25-24(32)26-22(11-33-25)28(39-13-18-4-5-19(14-39)35-18)37-29(36-26)42-15-30-6-3-7-40(30)12-17(31)10-30/h8-9,11,16-19,35,41H,2-7,10,12-15H2,1H3/t17-,18-,19+,30+/m1/s1. The number of piperazine rings is 1. The molecule has 4 aliphatic heterocycles. The first-order valence-corrected chi connectivity index (χ1v) is 15.0. The maximum atomic E-state index is 16.6. The molecule has 0 radical (unpaired) electrons. The van der Waals surface area contributed by atoms with E-state index >= 15 is 4.39 Å². The van der Waals surface area contributed by atoms with Gasteiger partial charge in [-0.2, -0.15) is 9.97 Å². The fraction of sp³-hybridized carbons (Fsp3) is 0.533. The summed E-state index contributed by atoms with van der Waals surface area (Å²) in [5.74, 6) is -0.0336. The van der Waals surface area contributed by atoms with Crippen molar-refractivity contribution in [2.75, 3.05) is 37.7 Å². The summed E-state index contributed by atoms with van der Waals surface area (Å²) in [6.45, 7) is 5.63. The Labute approximate surface area is 241 Å². The Morgan fingerprint density at radius 1 is 1.14 bits per heavy atom. The molecule has 42 heavy (non-hydrogen) atoms. The molecule has 0 spiro atoms. The lowest BCUT2D eigenvalue weighted by Crippen LogP contribution is -2.51. The number of ether oxygens (including phenoxy) is 1. The SMILES string of the molecule is CCn1cnc2cc(O)cc(-c3ncc4c(N5C[C@H]6CC[C@@H](C5)N6)nc(OC[C@@]56CCCN5C[C@H](F)C6)nc4c3F)c21. The van der Waals surface area contributed by atoms with Gasteiger partial charge in [0.05, 0.1) is 28.3 Å². The van der Waals surface area contributed by atoms with Gasteiger partial charge in [0.25, 0.3) is 0 Å². The van der Waals surface area contributed by atoms with Gasteiger partial charge in [-0.05, 0) is 45.2 Å². The van der Waals surface area contributed by atoms with Gasteiger partial charge in [0.15, 0.2) is 5.82 Å². The quantitative estimate of drug-likeness (QED) is 0.355. The Kier molecular flexibility index (Phi) is 6.01. The van der Waals surface area contributed by atoms with Crippen molar-refractivity contribution in [2.24, 2.45) is 0 Å². The normalized spacial score (nSPS) is 27.4. The van der Waals surface area contributed by atoms with E-state index in [9.17, 15) is 9.50 Å². The summed E-state index contributed by atoms with van der Waals surface area (Å²) >= 11 is 0. The number of nitrogens with one attached hydrogen (secondary N) is 1. The van der Waals surface area contributed by atoms with Crippen molar-refractivity contribution in [3.63, 3.8) is 0 Å². The third-order valence-corrected chi connectivity index (χ3v) is 9.68. The largest absolute Gasteiger partial charge is 0.508 e. The molecule has 8 rings (SSSR count). The molecular weight excluding hydrogens is 542 g/mol. The highest BCUT2D eigenvalue weighted by molar-refractivity contribution is 5.97. The van der Waals surface area contributed by atoms with Crippen LogP contribution in [0, 0.1) is 5.82 Å².